The van der Waals surface area contributed by atoms with Gasteiger partial charge in [-0.2, -0.15) is 0 Å². The quantitative estimate of drug-likeness (QED) is 0.840. The minimum Gasteiger partial charge on any atom is -0.371 e. The second-order valence-electron chi connectivity index (χ2n) is 4.41. The Morgan fingerprint density at radius 1 is 1.31 bits per heavy atom. The van der Waals surface area contributed by atoms with E-state index in [0.717, 1.165) is 19.7 Å². The van der Waals surface area contributed by atoms with Crippen LogP contribution in [0.4, 0.5) is 0 Å². The van der Waals surface area contributed by atoms with Crippen molar-refractivity contribution in [2.75, 3.05) is 19.7 Å². The molecule has 1 heterocycles. The highest BCUT2D eigenvalue weighted by molar-refractivity contribution is 5.24. The molecule has 0 bridgehead atoms. The standard InChI is InChI=1S/C14H21NO/c1-2-3-4-12-5-7-13(8-6-12)14-11-15-9-10-16-14/h5-8,14-15H,2-4,9-11H2,1H3. The van der Waals surface area contributed by atoms with E-state index in [1.165, 1.54) is 30.4 Å². The first kappa shape index (κ1) is 11.6. The maximum atomic E-state index is 5.72. The molecule has 1 aliphatic heterocycles. The van der Waals surface area contributed by atoms with Crippen molar-refractivity contribution in [1.29, 1.82) is 0 Å². The molecule has 0 saturated carbocycles. The van der Waals surface area contributed by atoms with Gasteiger partial charge in [-0.25, -0.2) is 0 Å². The molecule has 1 saturated heterocycles. The third kappa shape index (κ3) is 3.06. The number of hydrogen-bond acceptors (Lipinski definition) is 2. The number of aryl methyl sites for hydroxylation is 1. The van der Waals surface area contributed by atoms with Crippen LogP contribution in [0.25, 0.3) is 0 Å². The minimum absolute atomic E-state index is 0.244. The number of ether oxygens (including phenoxy) is 1. The molecule has 0 aromatic heterocycles. The summed E-state index contributed by atoms with van der Waals surface area (Å²) in [6.07, 6.45) is 3.98. The molecule has 88 valence electrons. The van der Waals surface area contributed by atoms with Gasteiger partial charge in [-0.1, -0.05) is 37.6 Å². The van der Waals surface area contributed by atoms with Crippen molar-refractivity contribution >= 4 is 0 Å². The van der Waals surface area contributed by atoms with Crippen LogP contribution >= 0.6 is 0 Å². The SMILES string of the molecule is CCCCc1ccc(C2CNCCO2)cc1. The van der Waals surface area contributed by atoms with Crippen LogP contribution in [0.3, 0.4) is 0 Å². The molecule has 0 spiro atoms. The Bertz CT molecular complexity index is 301. The Hall–Kier alpha value is -0.860. The van der Waals surface area contributed by atoms with Crippen LogP contribution in [0, 0.1) is 0 Å². The normalized spacial score (nSPS) is 20.9. The van der Waals surface area contributed by atoms with Crippen LogP contribution in [0.1, 0.15) is 37.0 Å². The molecule has 1 aromatic carbocycles. The lowest BCUT2D eigenvalue weighted by Crippen LogP contribution is -2.33. The van der Waals surface area contributed by atoms with Gasteiger partial charge in [-0.3, -0.25) is 0 Å². The smallest absolute Gasteiger partial charge is 0.0949 e. The van der Waals surface area contributed by atoms with Crippen molar-refractivity contribution in [3.05, 3.63) is 35.4 Å². The number of hydrogen-bond donors (Lipinski definition) is 1. The van der Waals surface area contributed by atoms with Crippen LogP contribution < -0.4 is 5.32 Å². The third-order valence-electron chi connectivity index (χ3n) is 3.10. The predicted octanol–water partition coefficient (Wildman–Crippen LogP) is 2.69. The highest BCUT2D eigenvalue weighted by Crippen LogP contribution is 2.19. The van der Waals surface area contributed by atoms with E-state index < -0.39 is 0 Å². The molecular weight excluding hydrogens is 198 g/mol. The first-order valence-electron chi connectivity index (χ1n) is 6.31. The molecule has 1 N–H and O–H groups in total. The van der Waals surface area contributed by atoms with E-state index in [4.69, 9.17) is 4.74 Å². The van der Waals surface area contributed by atoms with Crippen molar-refractivity contribution in [3.8, 4) is 0 Å². The minimum atomic E-state index is 0.244. The molecule has 1 aromatic rings. The summed E-state index contributed by atoms with van der Waals surface area (Å²) in [4.78, 5) is 0. The van der Waals surface area contributed by atoms with E-state index in [1.54, 1.807) is 0 Å². The molecule has 0 aliphatic carbocycles. The second kappa shape index (κ2) is 6.02. The lowest BCUT2D eigenvalue weighted by molar-refractivity contribution is 0.0277. The van der Waals surface area contributed by atoms with Crippen molar-refractivity contribution in [1.82, 2.24) is 5.32 Å². The maximum Gasteiger partial charge on any atom is 0.0949 e. The van der Waals surface area contributed by atoms with E-state index in [-0.39, 0.29) is 6.10 Å². The first-order valence-corrected chi connectivity index (χ1v) is 6.31. The third-order valence-corrected chi connectivity index (χ3v) is 3.10. The number of rotatable bonds is 4. The number of benzene rings is 1. The molecule has 2 rings (SSSR count). The summed E-state index contributed by atoms with van der Waals surface area (Å²) in [5.74, 6) is 0. The Kier molecular flexibility index (Phi) is 4.37. The maximum absolute atomic E-state index is 5.72. The van der Waals surface area contributed by atoms with Gasteiger partial charge < -0.3 is 10.1 Å². The highest BCUT2D eigenvalue weighted by atomic mass is 16.5. The fourth-order valence-electron chi connectivity index (χ4n) is 2.06. The van der Waals surface area contributed by atoms with Crippen molar-refractivity contribution in [2.45, 2.75) is 32.3 Å². The summed E-state index contributed by atoms with van der Waals surface area (Å²) in [6, 6.07) is 8.90. The second-order valence-corrected chi connectivity index (χ2v) is 4.41. The monoisotopic (exact) mass is 219 g/mol. The largest absolute Gasteiger partial charge is 0.371 e. The average molecular weight is 219 g/mol. The lowest BCUT2D eigenvalue weighted by Gasteiger charge is -2.24. The molecule has 0 amide bonds. The molecule has 1 unspecified atom stereocenters. The summed E-state index contributed by atoms with van der Waals surface area (Å²) in [6.45, 7) is 4.97. The zero-order chi connectivity index (χ0) is 11.2. The van der Waals surface area contributed by atoms with Crippen LogP contribution in [-0.4, -0.2) is 19.7 Å². The Labute approximate surface area is 98.0 Å². The van der Waals surface area contributed by atoms with Gasteiger partial charge >= 0.3 is 0 Å². The van der Waals surface area contributed by atoms with E-state index in [9.17, 15) is 0 Å². The zero-order valence-electron chi connectivity index (χ0n) is 10.0. The Morgan fingerprint density at radius 2 is 2.12 bits per heavy atom. The van der Waals surface area contributed by atoms with Gasteiger partial charge in [0, 0.05) is 13.1 Å². The average Bonchev–Trinajstić information content (AvgIpc) is 2.38. The molecule has 1 aliphatic rings. The molecule has 0 radical (unpaired) electrons. The fourth-order valence-corrected chi connectivity index (χ4v) is 2.06. The van der Waals surface area contributed by atoms with Gasteiger partial charge in [0.2, 0.25) is 0 Å². The highest BCUT2D eigenvalue weighted by Gasteiger charge is 2.14. The van der Waals surface area contributed by atoms with Gasteiger partial charge in [0.1, 0.15) is 0 Å². The number of morpholine rings is 1. The summed E-state index contributed by atoms with van der Waals surface area (Å²) >= 11 is 0. The molecule has 1 fully saturated rings. The number of unbranched alkanes of at least 4 members (excludes halogenated alkanes) is 1. The van der Waals surface area contributed by atoms with E-state index in [1.807, 2.05) is 0 Å². The Balaban J connectivity index is 1.95. The summed E-state index contributed by atoms with van der Waals surface area (Å²) < 4.78 is 5.72. The predicted molar refractivity (Wildman–Crippen MR) is 66.6 cm³/mol. The van der Waals surface area contributed by atoms with Gasteiger partial charge in [-0.15, -0.1) is 0 Å². The van der Waals surface area contributed by atoms with E-state index >= 15 is 0 Å². The van der Waals surface area contributed by atoms with Crippen LogP contribution in [-0.2, 0) is 11.2 Å². The summed E-state index contributed by atoms with van der Waals surface area (Å²) in [5.41, 5.74) is 2.74. The van der Waals surface area contributed by atoms with E-state index in [0.29, 0.717) is 0 Å². The van der Waals surface area contributed by atoms with Crippen molar-refractivity contribution in [2.24, 2.45) is 0 Å². The fraction of sp³-hybridized carbons (Fsp3) is 0.571. The van der Waals surface area contributed by atoms with Crippen LogP contribution in [0.5, 0.6) is 0 Å². The summed E-state index contributed by atoms with van der Waals surface area (Å²) in [7, 11) is 0. The van der Waals surface area contributed by atoms with Gasteiger partial charge in [0.25, 0.3) is 0 Å². The number of nitrogens with one attached hydrogen (secondary N) is 1. The first-order chi connectivity index (χ1) is 7.90. The van der Waals surface area contributed by atoms with Crippen LogP contribution in [0.2, 0.25) is 0 Å². The summed E-state index contributed by atoms with van der Waals surface area (Å²) in [5, 5.41) is 3.36. The molecule has 2 nitrogen and oxygen atoms in total. The molecule has 2 heteroatoms. The van der Waals surface area contributed by atoms with Crippen molar-refractivity contribution < 1.29 is 4.74 Å². The molecular formula is C14H21NO. The molecule has 16 heavy (non-hydrogen) atoms. The Morgan fingerprint density at radius 3 is 2.75 bits per heavy atom. The zero-order valence-corrected chi connectivity index (χ0v) is 10.0. The lowest BCUT2D eigenvalue weighted by atomic mass is 10.0. The van der Waals surface area contributed by atoms with Crippen molar-refractivity contribution in [3.63, 3.8) is 0 Å². The van der Waals surface area contributed by atoms with E-state index in [2.05, 4.69) is 36.5 Å². The van der Waals surface area contributed by atoms with Gasteiger partial charge in [0.15, 0.2) is 0 Å². The topological polar surface area (TPSA) is 21.3 Å². The van der Waals surface area contributed by atoms with Gasteiger partial charge in [-0.05, 0) is 24.0 Å². The molecule has 1 atom stereocenters. The van der Waals surface area contributed by atoms with Gasteiger partial charge in [0.05, 0.1) is 12.7 Å². The van der Waals surface area contributed by atoms with Crippen LogP contribution in [0.15, 0.2) is 24.3 Å².